The van der Waals surface area contributed by atoms with E-state index >= 15 is 0 Å². The van der Waals surface area contributed by atoms with Crippen LogP contribution in [0.3, 0.4) is 0 Å². The molecule has 8 nitrogen and oxygen atoms in total. The van der Waals surface area contributed by atoms with Crippen molar-refractivity contribution in [2.75, 3.05) is 33.4 Å². The lowest BCUT2D eigenvalue weighted by atomic mass is 9.69. The number of allylic oxidation sites excluding steroid dienone is 4. The van der Waals surface area contributed by atoms with Gasteiger partial charge < -0.3 is 31.2 Å². The normalized spacial score (nSPS) is 25.2. The summed E-state index contributed by atoms with van der Waals surface area (Å²) in [5.74, 6) is 0.292. The summed E-state index contributed by atoms with van der Waals surface area (Å²) in [4.78, 5) is 28.8. The van der Waals surface area contributed by atoms with E-state index in [4.69, 9.17) is 4.74 Å². The van der Waals surface area contributed by atoms with Gasteiger partial charge in [0, 0.05) is 32.8 Å². The molecule has 0 spiro atoms. The molecule has 4 atom stereocenters. The molecule has 0 aromatic heterocycles. The average Bonchev–Trinajstić information content (AvgIpc) is 2.82. The second-order valence-electron chi connectivity index (χ2n) is 11.2. The van der Waals surface area contributed by atoms with Gasteiger partial charge in [-0.15, -0.1) is 0 Å². The summed E-state index contributed by atoms with van der Waals surface area (Å²) in [6, 6.07) is -0.240. The maximum absolute atomic E-state index is 13.6. The number of carbonyl (C=O) groups is 2. The maximum atomic E-state index is 13.6. The van der Waals surface area contributed by atoms with Crippen LogP contribution < -0.4 is 10.6 Å². The van der Waals surface area contributed by atoms with E-state index < -0.39 is 6.04 Å². The molecular formula is C29H53N3O5. The van der Waals surface area contributed by atoms with Crippen LogP contribution in [0.15, 0.2) is 36.0 Å². The fourth-order valence-electron chi connectivity index (χ4n) is 5.64. The van der Waals surface area contributed by atoms with Gasteiger partial charge in [-0.1, -0.05) is 65.5 Å². The minimum Gasteiger partial charge on any atom is -0.412 e. The molecule has 0 saturated carbocycles. The lowest BCUT2D eigenvalue weighted by Crippen LogP contribution is -2.57. The topological polar surface area (TPSA) is 134 Å². The molecule has 2 aliphatic carbocycles. The van der Waals surface area contributed by atoms with Crippen LogP contribution in [0, 0.1) is 23.2 Å². The van der Waals surface area contributed by atoms with E-state index in [1.165, 1.54) is 5.57 Å². The SMILES string of the molecule is C.COCCNC1CC=CC(C(=O)N[C@@H](C(=O)N2CC[C@H](C3=CCCC=C3)C(C)(C)C2)C(C)C)C1.O.O. The average molecular weight is 524 g/mol. The van der Waals surface area contributed by atoms with E-state index in [1.807, 2.05) is 24.8 Å². The third-order valence-corrected chi connectivity index (χ3v) is 7.60. The van der Waals surface area contributed by atoms with Crippen molar-refractivity contribution in [2.24, 2.45) is 23.2 Å². The van der Waals surface area contributed by atoms with Gasteiger partial charge in [0.25, 0.3) is 0 Å². The zero-order chi connectivity index (χ0) is 24.7. The summed E-state index contributed by atoms with van der Waals surface area (Å²) in [7, 11) is 1.69. The van der Waals surface area contributed by atoms with Crippen molar-refractivity contribution in [3.63, 3.8) is 0 Å². The predicted octanol–water partition coefficient (Wildman–Crippen LogP) is 2.84. The van der Waals surface area contributed by atoms with E-state index in [9.17, 15) is 9.59 Å². The highest BCUT2D eigenvalue weighted by atomic mass is 16.5. The number of nitrogens with one attached hydrogen (secondary N) is 2. The molecule has 0 bridgehead atoms. The standard InChI is InChI=1S/C28H45N3O3.CH4.2H2O/c1-20(2)25(30-26(32)22-12-9-13-23(18-22)29-15-17-34-5)27(33)31-16-14-24(28(3,4)19-31)21-10-7-6-8-11-21;;;/h7,9-12,20,22-25,29H,6,8,13-19H2,1-5H3,(H,30,32);1H4;2*1H2/t22?,23?,24-,25-;;;/m1.../s1. The Hall–Kier alpha value is -2.00. The number of carbonyl (C=O) groups excluding carboxylic acids is 2. The second-order valence-corrected chi connectivity index (χ2v) is 11.2. The summed E-state index contributed by atoms with van der Waals surface area (Å²) in [5.41, 5.74) is 1.43. The van der Waals surface area contributed by atoms with Crippen molar-refractivity contribution in [1.82, 2.24) is 15.5 Å². The molecule has 3 aliphatic rings. The van der Waals surface area contributed by atoms with Crippen LogP contribution in [0.1, 0.15) is 67.2 Å². The van der Waals surface area contributed by atoms with Crippen molar-refractivity contribution in [3.05, 3.63) is 36.0 Å². The number of hydrogen-bond acceptors (Lipinski definition) is 4. The highest BCUT2D eigenvalue weighted by Crippen LogP contribution is 2.41. The monoisotopic (exact) mass is 523 g/mol. The van der Waals surface area contributed by atoms with Gasteiger partial charge in [0.05, 0.1) is 12.5 Å². The van der Waals surface area contributed by atoms with Crippen LogP contribution >= 0.6 is 0 Å². The third kappa shape index (κ3) is 9.36. The Balaban J connectivity index is 0.00000432. The van der Waals surface area contributed by atoms with E-state index in [-0.39, 0.29) is 53.5 Å². The molecule has 0 aromatic rings. The number of methoxy groups -OCH3 is 1. The molecule has 6 N–H and O–H groups in total. The first-order chi connectivity index (χ1) is 16.2. The van der Waals surface area contributed by atoms with Gasteiger partial charge >= 0.3 is 0 Å². The minimum absolute atomic E-state index is 0. The molecule has 3 rings (SSSR count). The van der Waals surface area contributed by atoms with Crippen LogP contribution in [-0.4, -0.2) is 73.1 Å². The van der Waals surface area contributed by atoms with E-state index in [0.29, 0.717) is 12.5 Å². The zero-order valence-corrected chi connectivity index (χ0v) is 22.8. The molecule has 37 heavy (non-hydrogen) atoms. The zero-order valence-electron chi connectivity index (χ0n) is 22.8. The fraction of sp³-hybridized carbons (Fsp3) is 0.724. The molecule has 1 saturated heterocycles. The number of rotatable bonds is 9. The maximum Gasteiger partial charge on any atom is 0.245 e. The third-order valence-electron chi connectivity index (χ3n) is 7.60. The molecule has 1 fully saturated rings. The molecule has 1 aliphatic heterocycles. The van der Waals surface area contributed by atoms with E-state index in [1.54, 1.807) is 7.11 Å². The summed E-state index contributed by atoms with van der Waals surface area (Å²) < 4.78 is 5.12. The van der Waals surface area contributed by atoms with Gasteiger partial charge in [0.1, 0.15) is 6.04 Å². The quantitative estimate of drug-likeness (QED) is 0.355. The molecule has 214 valence electrons. The molecular weight excluding hydrogens is 470 g/mol. The van der Waals surface area contributed by atoms with Crippen molar-refractivity contribution < 1.29 is 25.3 Å². The number of hydrogen-bond donors (Lipinski definition) is 2. The number of amides is 2. The van der Waals surface area contributed by atoms with Crippen LogP contribution in [0.4, 0.5) is 0 Å². The summed E-state index contributed by atoms with van der Waals surface area (Å²) in [6.45, 7) is 11.5. The molecule has 1 heterocycles. The predicted molar refractivity (Wildman–Crippen MR) is 151 cm³/mol. The minimum atomic E-state index is -0.496. The summed E-state index contributed by atoms with van der Waals surface area (Å²) >= 11 is 0. The van der Waals surface area contributed by atoms with Gasteiger partial charge in [-0.2, -0.15) is 0 Å². The first-order valence-corrected chi connectivity index (χ1v) is 13.1. The van der Waals surface area contributed by atoms with Crippen molar-refractivity contribution >= 4 is 11.8 Å². The van der Waals surface area contributed by atoms with Gasteiger partial charge in [0.2, 0.25) is 11.8 Å². The van der Waals surface area contributed by atoms with E-state index in [0.717, 1.165) is 51.7 Å². The Morgan fingerprint density at radius 1 is 1.19 bits per heavy atom. The van der Waals surface area contributed by atoms with Crippen molar-refractivity contribution in [1.29, 1.82) is 0 Å². The largest absolute Gasteiger partial charge is 0.412 e. The van der Waals surface area contributed by atoms with Crippen LogP contribution in [-0.2, 0) is 14.3 Å². The van der Waals surface area contributed by atoms with Crippen LogP contribution in [0.2, 0.25) is 0 Å². The Kier molecular flexibility index (Phi) is 15.2. The molecule has 0 aromatic carbocycles. The lowest BCUT2D eigenvalue weighted by Gasteiger charge is -2.46. The Bertz CT molecular complexity index is 805. The van der Waals surface area contributed by atoms with Crippen LogP contribution in [0.25, 0.3) is 0 Å². The molecule has 2 unspecified atom stereocenters. The van der Waals surface area contributed by atoms with Crippen molar-refractivity contribution in [3.8, 4) is 0 Å². The van der Waals surface area contributed by atoms with Gasteiger partial charge in [-0.25, -0.2) is 0 Å². The summed E-state index contributed by atoms with van der Waals surface area (Å²) in [5, 5.41) is 6.57. The highest BCUT2D eigenvalue weighted by Gasteiger charge is 2.41. The summed E-state index contributed by atoms with van der Waals surface area (Å²) in [6.07, 6.45) is 15.8. The van der Waals surface area contributed by atoms with Crippen molar-refractivity contribution in [2.45, 2.75) is 79.3 Å². The Labute approximate surface area is 224 Å². The Morgan fingerprint density at radius 2 is 1.92 bits per heavy atom. The molecule has 2 amide bonds. The number of ether oxygens (including phenoxy) is 1. The smallest absolute Gasteiger partial charge is 0.245 e. The molecule has 0 radical (unpaired) electrons. The molecule has 8 heteroatoms. The fourth-order valence-corrected chi connectivity index (χ4v) is 5.64. The van der Waals surface area contributed by atoms with E-state index in [2.05, 4.69) is 48.8 Å². The number of nitrogens with zero attached hydrogens (tertiary/aromatic N) is 1. The number of piperidine rings is 1. The lowest BCUT2D eigenvalue weighted by molar-refractivity contribution is -0.141. The van der Waals surface area contributed by atoms with Gasteiger partial charge in [-0.05, 0) is 54.9 Å². The second kappa shape index (κ2) is 16.1. The number of likely N-dealkylation sites (tertiary alicyclic amines) is 1. The van der Waals surface area contributed by atoms with Gasteiger partial charge in [0.15, 0.2) is 0 Å². The Morgan fingerprint density at radius 3 is 2.51 bits per heavy atom. The van der Waals surface area contributed by atoms with Gasteiger partial charge in [-0.3, -0.25) is 9.59 Å². The van der Waals surface area contributed by atoms with Crippen LogP contribution in [0.5, 0.6) is 0 Å². The first-order valence-electron chi connectivity index (χ1n) is 13.1. The highest BCUT2D eigenvalue weighted by molar-refractivity contribution is 5.89. The first kappa shape index (κ1) is 35.0.